The van der Waals surface area contributed by atoms with Crippen LogP contribution < -0.4 is 0 Å². The van der Waals surface area contributed by atoms with E-state index in [2.05, 4.69) is 4.98 Å². The fraction of sp³-hybridized carbons (Fsp3) is 0.545. The Balaban J connectivity index is 3.01. The van der Waals surface area contributed by atoms with E-state index in [1.807, 2.05) is 13.8 Å². The first-order chi connectivity index (χ1) is 6.56. The summed E-state index contributed by atoms with van der Waals surface area (Å²) in [6.07, 6.45) is 1.31. The van der Waals surface area contributed by atoms with Gasteiger partial charge in [-0.2, -0.15) is 0 Å². The molecule has 0 saturated heterocycles. The van der Waals surface area contributed by atoms with Crippen LogP contribution in [0.4, 0.5) is 4.39 Å². The number of aliphatic hydroxyl groups is 1. The Morgan fingerprint density at radius 1 is 1.50 bits per heavy atom. The molecule has 2 nitrogen and oxygen atoms in total. The zero-order valence-electron chi connectivity index (χ0n) is 8.79. The number of aliphatic hydroxyl groups excluding tert-OH is 1. The Labute approximate surface area is 83.8 Å². The highest BCUT2D eigenvalue weighted by Gasteiger charge is 2.13. The number of nitrogens with zero attached hydrogens (tertiary/aromatic N) is 1. The topological polar surface area (TPSA) is 33.1 Å². The zero-order chi connectivity index (χ0) is 10.7. The molecule has 1 aromatic rings. The van der Waals surface area contributed by atoms with Crippen LogP contribution in [0.25, 0.3) is 0 Å². The maximum Gasteiger partial charge on any atom is 0.147 e. The van der Waals surface area contributed by atoms with Gasteiger partial charge in [0.15, 0.2) is 0 Å². The van der Waals surface area contributed by atoms with Crippen LogP contribution in [0.15, 0.2) is 12.3 Å². The molecule has 0 aliphatic heterocycles. The molecule has 0 saturated carbocycles. The lowest BCUT2D eigenvalue weighted by molar-refractivity contribution is 0.163. The van der Waals surface area contributed by atoms with Gasteiger partial charge in [-0.1, -0.05) is 20.8 Å². The van der Waals surface area contributed by atoms with Crippen molar-refractivity contribution in [2.45, 2.75) is 39.2 Å². The van der Waals surface area contributed by atoms with Crippen molar-refractivity contribution in [3.05, 3.63) is 29.3 Å². The summed E-state index contributed by atoms with van der Waals surface area (Å²) in [7, 11) is 0. The van der Waals surface area contributed by atoms with Gasteiger partial charge in [0, 0.05) is 6.20 Å². The van der Waals surface area contributed by atoms with Crippen molar-refractivity contribution < 1.29 is 9.50 Å². The van der Waals surface area contributed by atoms with Crippen LogP contribution in [0.1, 0.15) is 50.5 Å². The van der Waals surface area contributed by atoms with Crippen LogP contribution in [0.3, 0.4) is 0 Å². The van der Waals surface area contributed by atoms with E-state index in [4.69, 9.17) is 0 Å². The molecule has 0 fully saturated rings. The molecule has 1 aromatic heterocycles. The summed E-state index contributed by atoms with van der Waals surface area (Å²) in [5.41, 5.74) is 1.01. The molecule has 0 aliphatic carbocycles. The Hall–Kier alpha value is -0.960. The van der Waals surface area contributed by atoms with Gasteiger partial charge in [-0.15, -0.1) is 0 Å². The van der Waals surface area contributed by atoms with Gasteiger partial charge in [0.05, 0.1) is 6.10 Å². The van der Waals surface area contributed by atoms with Gasteiger partial charge < -0.3 is 5.11 Å². The van der Waals surface area contributed by atoms with Crippen molar-refractivity contribution in [3.63, 3.8) is 0 Å². The third kappa shape index (κ3) is 2.29. The van der Waals surface area contributed by atoms with E-state index in [0.29, 0.717) is 6.42 Å². The normalized spacial score (nSPS) is 13.3. The molecule has 1 unspecified atom stereocenters. The molecule has 3 heteroatoms. The van der Waals surface area contributed by atoms with E-state index < -0.39 is 11.9 Å². The molecule has 1 rings (SSSR count). The van der Waals surface area contributed by atoms with Crippen LogP contribution in [0, 0.1) is 5.82 Å². The molecule has 0 spiro atoms. The number of aromatic nitrogens is 1. The average Bonchev–Trinajstić information content (AvgIpc) is 2.16. The third-order valence-electron chi connectivity index (χ3n) is 2.26. The SMILES string of the molecule is CCC(O)c1ncc(C(C)C)cc1F. The van der Waals surface area contributed by atoms with Gasteiger partial charge in [0.25, 0.3) is 0 Å². The second-order valence-corrected chi connectivity index (χ2v) is 3.71. The lowest BCUT2D eigenvalue weighted by Gasteiger charge is -2.10. The quantitative estimate of drug-likeness (QED) is 0.808. The third-order valence-corrected chi connectivity index (χ3v) is 2.26. The van der Waals surface area contributed by atoms with Gasteiger partial charge >= 0.3 is 0 Å². The number of halogens is 1. The number of pyridine rings is 1. The van der Waals surface area contributed by atoms with E-state index in [0.717, 1.165) is 5.56 Å². The molecular weight excluding hydrogens is 181 g/mol. The summed E-state index contributed by atoms with van der Waals surface area (Å²) in [4.78, 5) is 3.95. The van der Waals surface area contributed by atoms with Crippen molar-refractivity contribution in [1.82, 2.24) is 4.98 Å². The molecule has 1 heterocycles. The van der Waals surface area contributed by atoms with Crippen LogP contribution in [-0.4, -0.2) is 10.1 Å². The summed E-state index contributed by atoms with van der Waals surface area (Å²) in [6, 6.07) is 1.45. The fourth-order valence-electron chi connectivity index (χ4n) is 1.22. The molecule has 78 valence electrons. The van der Waals surface area contributed by atoms with Crippen molar-refractivity contribution in [1.29, 1.82) is 0 Å². The number of rotatable bonds is 3. The largest absolute Gasteiger partial charge is 0.387 e. The van der Waals surface area contributed by atoms with Crippen molar-refractivity contribution in [3.8, 4) is 0 Å². The monoisotopic (exact) mass is 197 g/mol. The minimum absolute atomic E-state index is 0.150. The van der Waals surface area contributed by atoms with Gasteiger partial charge in [-0.25, -0.2) is 4.39 Å². The van der Waals surface area contributed by atoms with Gasteiger partial charge in [-0.3, -0.25) is 4.98 Å². The van der Waals surface area contributed by atoms with E-state index in [9.17, 15) is 9.50 Å². The standard InChI is InChI=1S/C11H16FNO/c1-4-10(14)11-9(12)5-8(6-13-11)7(2)3/h5-7,10,14H,4H2,1-3H3. The summed E-state index contributed by atoms with van der Waals surface area (Å²) < 4.78 is 13.4. The minimum atomic E-state index is -0.795. The number of hydrogen-bond acceptors (Lipinski definition) is 2. The van der Waals surface area contributed by atoms with E-state index >= 15 is 0 Å². The molecule has 0 amide bonds. The Morgan fingerprint density at radius 2 is 2.14 bits per heavy atom. The van der Waals surface area contributed by atoms with E-state index in [1.165, 1.54) is 6.07 Å². The fourth-order valence-corrected chi connectivity index (χ4v) is 1.22. The summed E-state index contributed by atoms with van der Waals surface area (Å²) in [5, 5.41) is 9.44. The first kappa shape index (κ1) is 11.1. The second-order valence-electron chi connectivity index (χ2n) is 3.71. The molecule has 0 radical (unpaired) electrons. The maximum atomic E-state index is 13.4. The van der Waals surface area contributed by atoms with Crippen molar-refractivity contribution >= 4 is 0 Å². The molecule has 0 bridgehead atoms. The summed E-state index contributed by atoms with van der Waals surface area (Å²) >= 11 is 0. The minimum Gasteiger partial charge on any atom is -0.387 e. The molecular formula is C11H16FNO. The Bertz CT molecular complexity index is 312. The number of hydrogen-bond donors (Lipinski definition) is 1. The first-order valence-electron chi connectivity index (χ1n) is 4.89. The first-order valence-corrected chi connectivity index (χ1v) is 4.89. The predicted molar refractivity (Wildman–Crippen MR) is 53.5 cm³/mol. The van der Waals surface area contributed by atoms with Gasteiger partial charge in [0.2, 0.25) is 0 Å². The van der Waals surface area contributed by atoms with E-state index in [1.54, 1.807) is 13.1 Å². The van der Waals surface area contributed by atoms with Crippen LogP contribution >= 0.6 is 0 Å². The lowest BCUT2D eigenvalue weighted by Crippen LogP contribution is -2.04. The molecule has 14 heavy (non-hydrogen) atoms. The van der Waals surface area contributed by atoms with Crippen LogP contribution in [0.2, 0.25) is 0 Å². The highest BCUT2D eigenvalue weighted by atomic mass is 19.1. The zero-order valence-corrected chi connectivity index (χ0v) is 8.79. The Kier molecular flexibility index (Phi) is 3.58. The van der Waals surface area contributed by atoms with Gasteiger partial charge in [0.1, 0.15) is 11.5 Å². The van der Waals surface area contributed by atoms with Crippen LogP contribution in [-0.2, 0) is 0 Å². The maximum absolute atomic E-state index is 13.4. The van der Waals surface area contributed by atoms with Crippen molar-refractivity contribution in [2.75, 3.05) is 0 Å². The Morgan fingerprint density at radius 3 is 2.57 bits per heavy atom. The molecule has 1 atom stereocenters. The van der Waals surface area contributed by atoms with Crippen LogP contribution in [0.5, 0.6) is 0 Å². The highest BCUT2D eigenvalue weighted by molar-refractivity contribution is 5.20. The molecule has 0 aliphatic rings. The summed E-state index contributed by atoms with van der Waals surface area (Å²) in [6.45, 7) is 5.75. The lowest BCUT2D eigenvalue weighted by atomic mass is 10.0. The predicted octanol–water partition coefficient (Wildman–Crippen LogP) is 2.79. The second kappa shape index (κ2) is 4.51. The molecule has 0 aromatic carbocycles. The average molecular weight is 197 g/mol. The van der Waals surface area contributed by atoms with E-state index in [-0.39, 0.29) is 11.6 Å². The van der Waals surface area contributed by atoms with Crippen molar-refractivity contribution in [2.24, 2.45) is 0 Å². The summed E-state index contributed by atoms with van der Waals surface area (Å²) in [5.74, 6) is -0.157. The smallest absolute Gasteiger partial charge is 0.147 e. The molecule has 1 N–H and O–H groups in total. The highest BCUT2D eigenvalue weighted by Crippen LogP contribution is 2.21. The van der Waals surface area contributed by atoms with Gasteiger partial charge in [-0.05, 0) is 24.0 Å².